The molecule has 0 aliphatic carbocycles. The third-order valence-electron chi connectivity index (χ3n) is 4.74. The van der Waals surface area contributed by atoms with Gasteiger partial charge in [-0.1, -0.05) is 0 Å². The van der Waals surface area contributed by atoms with Gasteiger partial charge in [0.05, 0.1) is 17.4 Å². The first-order chi connectivity index (χ1) is 11.4. The molecule has 1 unspecified atom stereocenters. The molecular weight excluding hydrogens is 288 g/mol. The van der Waals surface area contributed by atoms with Crippen molar-refractivity contribution in [1.82, 2.24) is 24.8 Å². The van der Waals surface area contributed by atoms with E-state index in [1.54, 1.807) is 12.4 Å². The molecule has 4 heterocycles. The molecule has 2 aliphatic rings. The van der Waals surface area contributed by atoms with Crippen molar-refractivity contribution in [3.63, 3.8) is 0 Å². The van der Waals surface area contributed by atoms with E-state index < -0.39 is 0 Å². The van der Waals surface area contributed by atoms with E-state index in [4.69, 9.17) is 4.98 Å². The van der Waals surface area contributed by atoms with Crippen LogP contribution in [0.5, 0.6) is 0 Å². The van der Waals surface area contributed by atoms with Gasteiger partial charge in [-0.3, -0.25) is 14.9 Å². The third-order valence-corrected chi connectivity index (χ3v) is 4.74. The summed E-state index contributed by atoms with van der Waals surface area (Å²) in [4.78, 5) is 22.7. The minimum Gasteiger partial charge on any atom is -0.341 e. The van der Waals surface area contributed by atoms with Crippen molar-refractivity contribution >= 4 is 5.95 Å². The van der Waals surface area contributed by atoms with E-state index in [9.17, 15) is 0 Å². The lowest BCUT2D eigenvalue weighted by Gasteiger charge is -2.24. The Morgan fingerprint density at radius 1 is 1.00 bits per heavy atom. The lowest BCUT2D eigenvalue weighted by molar-refractivity contribution is 0.241. The van der Waals surface area contributed by atoms with E-state index in [1.165, 1.54) is 19.3 Å². The van der Waals surface area contributed by atoms with Crippen LogP contribution in [0.2, 0.25) is 0 Å². The average molecular weight is 310 g/mol. The molecule has 6 nitrogen and oxygen atoms in total. The van der Waals surface area contributed by atoms with E-state index in [0.717, 1.165) is 49.9 Å². The van der Waals surface area contributed by atoms with Gasteiger partial charge in [0.2, 0.25) is 5.95 Å². The fraction of sp³-hybridized carbons (Fsp3) is 0.529. The predicted octanol–water partition coefficient (Wildman–Crippen LogP) is 2.20. The number of likely N-dealkylation sites (tertiary alicyclic amines) is 1. The monoisotopic (exact) mass is 310 g/mol. The second-order valence-corrected chi connectivity index (χ2v) is 6.30. The molecule has 4 rings (SSSR count). The average Bonchev–Trinajstić information content (AvgIpc) is 3.28. The van der Waals surface area contributed by atoms with Crippen molar-refractivity contribution in [3.8, 4) is 0 Å². The fourth-order valence-electron chi connectivity index (χ4n) is 3.58. The van der Waals surface area contributed by atoms with Gasteiger partial charge >= 0.3 is 0 Å². The van der Waals surface area contributed by atoms with Crippen LogP contribution in [-0.2, 0) is 6.54 Å². The summed E-state index contributed by atoms with van der Waals surface area (Å²) >= 11 is 0. The zero-order valence-electron chi connectivity index (χ0n) is 13.3. The van der Waals surface area contributed by atoms with Gasteiger partial charge in [-0.25, -0.2) is 9.97 Å². The Hall–Kier alpha value is -2.08. The van der Waals surface area contributed by atoms with E-state index in [0.29, 0.717) is 6.04 Å². The van der Waals surface area contributed by atoms with Crippen LogP contribution >= 0.6 is 0 Å². The highest BCUT2D eigenvalue weighted by Gasteiger charge is 2.27. The Morgan fingerprint density at radius 2 is 1.91 bits per heavy atom. The van der Waals surface area contributed by atoms with Gasteiger partial charge < -0.3 is 4.90 Å². The summed E-state index contributed by atoms with van der Waals surface area (Å²) in [6.45, 7) is 4.10. The van der Waals surface area contributed by atoms with E-state index in [1.807, 2.05) is 18.5 Å². The molecule has 2 aromatic heterocycles. The maximum absolute atomic E-state index is 4.78. The van der Waals surface area contributed by atoms with E-state index in [-0.39, 0.29) is 0 Å². The van der Waals surface area contributed by atoms with Crippen LogP contribution in [0.4, 0.5) is 5.95 Å². The van der Waals surface area contributed by atoms with Crippen molar-refractivity contribution in [1.29, 1.82) is 0 Å². The summed E-state index contributed by atoms with van der Waals surface area (Å²) in [5, 5.41) is 0. The van der Waals surface area contributed by atoms with Crippen LogP contribution in [0.25, 0.3) is 0 Å². The number of hydrogen-bond acceptors (Lipinski definition) is 6. The molecule has 0 spiro atoms. The predicted molar refractivity (Wildman–Crippen MR) is 87.9 cm³/mol. The number of aromatic nitrogens is 4. The lowest BCUT2D eigenvalue weighted by atomic mass is 10.1. The van der Waals surface area contributed by atoms with E-state index in [2.05, 4.69) is 24.8 Å². The molecule has 0 saturated carbocycles. The largest absolute Gasteiger partial charge is 0.341 e. The highest BCUT2D eigenvalue weighted by atomic mass is 15.3. The lowest BCUT2D eigenvalue weighted by Crippen LogP contribution is -2.25. The highest BCUT2D eigenvalue weighted by molar-refractivity contribution is 5.31. The molecule has 1 atom stereocenters. The molecule has 0 radical (unpaired) electrons. The van der Waals surface area contributed by atoms with Gasteiger partial charge in [0.15, 0.2) is 0 Å². The number of hydrogen-bond donors (Lipinski definition) is 0. The number of rotatable bonds is 4. The third kappa shape index (κ3) is 3.17. The molecule has 0 bridgehead atoms. The first-order valence-corrected chi connectivity index (χ1v) is 8.47. The summed E-state index contributed by atoms with van der Waals surface area (Å²) in [6, 6.07) is 2.39. The van der Waals surface area contributed by atoms with Gasteiger partial charge in [-0.2, -0.15) is 0 Å². The molecule has 6 heteroatoms. The zero-order chi connectivity index (χ0) is 15.5. The molecule has 2 saturated heterocycles. The van der Waals surface area contributed by atoms with Gasteiger partial charge in [-0.05, 0) is 38.3 Å². The summed E-state index contributed by atoms with van der Waals surface area (Å²) in [7, 11) is 0. The second-order valence-electron chi connectivity index (χ2n) is 6.30. The summed E-state index contributed by atoms with van der Waals surface area (Å²) in [5.41, 5.74) is 2.16. The molecule has 2 aliphatic heterocycles. The topological polar surface area (TPSA) is 58.0 Å². The van der Waals surface area contributed by atoms with Crippen LogP contribution in [0, 0.1) is 0 Å². The van der Waals surface area contributed by atoms with Crippen LogP contribution in [-0.4, -0.2) is 44.5 Å². The Kier molecular flexibility index (Phi) is 4.15. The second kappa shape index (κ2) is 6.58. The van der Waals surface area contributed by atoms with Crippen LogP contribution in [0.15, 0.2) is 30.9 Å². The van der Waals surface area contributed by atoms with Crippen LogP contribution in [0.3, 0.4) is 0 Å². The normalized spacial score (nSPS) is 21.9. The first kappa shape index (κ1) is 14.5. The van der Waals surface area contributed by atoms with Crippen molar-refractivity contribution < 1.29 is 0 Å². The maximum atomic E-state index is 4.78. The first-order valence-electron chi connectivity index (χ1n) is 8.47. The van der Waals surface area contributed by atoms with E-state index >= 15 is 0 Å². The zero-order valence-corrected chi connectivity index (χ0v) is 13.3. The molecule has 23 heavy (non-hydrogen) atoms. The van der Waals surface area contributed by atoms with Gasteiger partial charge in [0, 0.05) is 44.4 Å². The van der Waals surface area contributed by atoms with Crippen molar-refractivity contribution in [2.24, 2.45) is 0 Å². The number of nitrogens with zero attached hydrogens (tertiary/aromatic N) is 6. The van der Waals surface area contributed by atoms with Gasteiger partial charge in [0.1, 0.15) is 0 Å². The minimum absolute atomic E-state index is 0.355. The molecule has 2 fully saturated rings. The van der Waals surface area contributed by atoms with Crippen LogP contribution in [0.1, 0.15) is 43.1 Å². The van der Waals surface area contributed by atoms with Gasteiger partial charge in [-0.15, -0.1) is 0 Å². The highest BCUT2D eigenvalue weighted by Crippen LogP contribution is 2.31. The standard InChI is InChI=1S/C17H22N6/c1-2-10-22(9-1)17-20-6-5-14(21-17)13-23-11-3-4-16(23)15-12-18-7-8-19-15/h5-8,12,16H,1-4,9-11,13H2. The molecule has 0 aromatic carbocycles. The molecule has 2 aromatic rings. The summed E-state index contributed by atoms with van der Waals surface area (Å²) < 4.78 is 0. The molecule has 120 valence electrons. The molecular formula is C17H22N6. The maximum Gasteiger partial charge on any atom is 0.225 e. The SMILES string of the molecule is c1cnc(C2CCCN2Cc2ccnc(N3CCCC3)n2)cn1. The quantitative estimate of drug-likeness (QED) is 0.863. The summed E-state index contributed by atoms with van der Waals surface area (Å²) in [6.07, 6.45) is 12.1. The van der Waals surface area contributed by atoms with Crippen molar-refractivity contribution in [2.45, 2.75) is 38.3 Å². The molecule has 0 amide bonds. The minimum atomic E-state index is 0.355. The van der Waals surface area contributed by atoms with Crippen LogP contribution < -0.4 is 4.90 Å². The van der Waals surface area contributed by atoms with Crippen molar-refractivity contribution in [3.05, 3.63) is 42.2 Å². The van der Waals surface area contributed by atoms with Crippen molar-refractivity contribution in [2.75, 3.05) is 24.5 Å². The Bertz CT molecular complexity index is 641. The smallest absolute Gasteiger partial charge is 0.225 e. The fourth-order valence-corrected chi connectivity index (χ4v) is 3.58. The Morgan fingerprint density at radius 3 is 2.74 bits per heavy atom. The number of anilines is 1. The molecule has 0 N–H and O–H groups in total. The van der Waals surface area contributed by atoms with Gasteiger partial charge in [0.25, 0.3) is 0 Å². The Balaban J connectivity index is 1.50. The summed E-state index contributed by atoms with van der Waals surface area (Å²) in [5.74, 6) is 0.884. The Labute approximate surface area is 136 Å².